The van der Waals surface area contributed by atoms with Crippen LogP contribution in [-0.4, -0.2) is 63.2 Å². The van der Waals surface area contributed by atoms with Gasteiger partial charge >= 0.3 is 0 Å². The standard InChI is InChI=1S/C14H22F2N4/c1-18(2)3-4-19-5-7-20(8-6-19)14-12(15)9-11(17)10-13(14)16/h9-10H,3-8,17H2,1-2H3. The van der Waals surface area contributed by atoms with Gasteiger partial charge in [-0.15, -0.1) is 0 Å². The molecule has 0 radical (unpaired) electrons. The Balaban J connectivity index is 1.97. The van der Waals surface area contributed by atoms with Gasteiger partial charge in [0.15, 0.2) is 11.6 Å². The molecule has 0 atom stereocenters. The van der Waals surface area contributed by atoms with Gasteiger partial charge in [-0.3, -0.25) is 4.90 Å². The molecule has 1 aliphatic heterocycles. The van der Waals surface area contributed by atoms with Crippen molar-refractivity contribution in [2.45, 2.75) is 0 Å². The maximum Gasteiger partial charge on any atom is 0.151 e. The average Bonchev–Trinajstić information content (AvgIpc) is 2.36. The van der Waals surface area contributed by atoms with Crippen molar-refractivity contribution in [1.82, 2.24) is 9.80 Å². The van der Waals surface area contributed by atoms with E-state index in [-0.39, 0.29) is 11.4 Å². The van der Waals surface area contributed by atoms with E-state index in [1.807, 2.05) is 14.1 Å². The monoisotopic (exact) mass is 284 g/mol. The van der Waals surface area contributed by atoms with Crippen molar-refractivity contribution in [3.63, 3.8) is 0 Å². The smallest absolute Gasteiger partial charge is 0.151 e. The summed E-state index contributed by atoms with van der Waals surface area (Å²) in [5, 5.41) is 0. The Morgan fingerprint density at radius 3 is 2.15 bits per heavy atom. The molecule has 112 valence electrons. The minimum atomic E-state index is -0.579. The third-order valence-corrected chi connectivity index (χ3v) is 3.59. The number of nitrogen functional groups attached to an aromatic ring is 1. The highest BCUT2D eigenvalue weighted by Crippen LogP contribution is 2.26. The Kier molecular flexibility index (Phi) is 4.77. The fourth-order valence-electron chi connectivity index (χ4n) is 2.42. The van der Waals surface area contributed by atoms with Crippen LogP contribution < -0.4 is 10.6 Å². The van der Waals surface area contributed by atoms with Crippen LogP contribution in [0.1, 0.15) is 0 Å². The summed E-state index contributed by atoms with van der Waals surface area (Å²) in [6.45, 7) is 4.86. The molecule has 1 aromatic rings. The molecule has 0 amide bonds. The second-order valence-corrected chi connectivity index (χ2v) is 5.47. The van der Waals surface area contributed by atoms with Crippen molar-refractivity contribution >= 4 is 11.4 Å². The van der Waals surface area contributed by atoms with Crippen LogP contribution in [0, 0.1) is 11.6 Å². The van der Waals surface area contributed by atoms with Crippen molar-refractivity contribution < 1.29 is 8.78 Å². The molecule has 1 fully saturated rings. The maximum atomic E-state index is 13.9. The number of likely N-dealkylation sites (N-methyl/N-ethyl adjacent to an activating group) is 1. The third-order valence-electron chi connectivity index (χ3n) is 3.59. The number of benzene rings is 1. The largest absolute Gasteiger partial charge is 0.399 e. The number of nitrogens with zero attached hydrogens (tertiary/aromatic N) is 3. The maximum absolute atomic E-state index is 13.9. The van der Waals surface area contributed by atoms with E-state index < -0.39 is 11.6 Å². The van der Waals surface area contributed by atoms with E-state index >= 15 is 0 Å². The molecule has 1 aromatic carbocycles. The second-order valence-electron chi connectivity index (χ2n) is 5.47. The van der Waals surface area contributed by atoms with Gasteiger partial charge in [-0.05, 0) is 26.2 Å². The fraction of sp³-hybridized carbons (Fsp3) is 0.571. The van der Waals surface area contributed by atoms with Gasteiger partial charge in [0.05, 0.1) is 0 Å². The molecule has 0 aromatic heterocycles. The van der Waals surface area contributed by atoms with E-state index in [0.717, 1.165) is 26.2 Å². The predicted octanol–water partition coefficient (Wildman–Crippen LogP) is 1.23. The molecule has 1 heterocycles. The average molecular weight is 284 g/mol. The first-order valence-corrected chi connectivity index (χ1v) is 6.84. The van der Waals surface area contributed by atoms with Crippen LogP contribution in [0.25, 0.3) is 0 Å². The highest BCUT2D eigenvalue weighted by molar-refractivity contribution is 5.56. The fourth-order valence-corrected chi connectivity index (χ4v) is 2.42. The molecule has 20 heavy (non-hydrogen) atoms. The van der Waals surface area contributed by atoms with Crippen molar-refractivity contribution in [1.29, 1.82) is 0 Å². The third kappa shape index (κ3) is 3.58. The van der Waals surface area contributed by atoms with Crippen LogP contribution in [0.3, 0.4) is 0 Å². The lowest BCUT2D eigenvalue weighted by Crippen LogP contribution is -2.48. The molecule has 0 unspecified atom stereocenters. The molecule has 0 saturated carbocycles. The molecule has 1 saturated heterocycles. The number of piperazine rings is 1. The number of anilines is 2. The summed E-state index contributed by atoms with van der Waals surface area (Å²) in [6, 6.07) is 2.35. The first-order valence-electron chi connectivity index (χ1n) is 6.84. The molecule has 0 aliphatic carbocycles. The topological polar surface area (TPSA) is 35.7 Å². The second kappa shape index (κ2) is 6.37. The number of hydrogen-bond donors (Lipinski definition) is 1. The predicted molar refractivity (Wildman–Crippen MR) is 78.0 cm³/mol. The van der Waals surface area contributed by atoms with Gasteiger partial charge < -0.3 is 15.5 Å². The van der Waals surface area contributed by atoms with Gasteiger partial charge in [-0.25, -0.2) is 8.78 Å². The highest BCUT2D eigenvalue weighted by atomic mass is 19.1. The van der Waals surface area contributed by atoms with E-state index in [1.54, 1.807) is 4.90 Å². The van der Waals surface area contributed by atoms with Gasteiger partial charge in [-0.2, -0.15) is 0 Å². The Morgan fingerprint density at radius 1 is 1.10 bits per heavy atom. The zero-order valence-electron chi connectivity index (χ0n) is 12.1. The van der Waals surface area contributed by atoms with Crippen LogP contribution in [0.4, 0.5) is 20.2 Å². The first kappa shape index (κ1) is 15.0. The van der Waals surface area contributed by atoms with Gasteiger partial charge in [-0.1, -0.05) is 0 Å². The van der Waals surface area contributed by atoms with Crippen LogP contribution >= 0.6 is 0 Å². The molecule has 2 rings (SSSR count). The molecule has 2 N–H and O–H groups in total. The number of nitrogens with two attached hydrogens (primary N) is 1. The molecular formula is C14H22F2N4. The molecule has 6 heteroatoms. The summed E-state index contributed by atoms with van der Waals surface area (Å²) in [6.07, 6.45) is 0. The van der Waals surface area contributed by atoms with Gasteiger partial charge in [0.1, 0.15) is 5.69 Å². The van der Waals surface area contributed by atoms with Crippen molar-refractivity contribution in [2.24, 2.45) is 0 Å². The van der Waals surface area contributed by atoms with Crippen LogP contribution in [-0.2, 0) is 0 Å². The Hall–Kier alpha value is -1.40. The highest BCUT2D eigenvalue weighted by Gasteiger charge is 2.22. The summed E-state index contributed by atoms with van der Waals surface area (Å²) in [4.78, 5) is 6.20. The van der Waals surface area contributed by atoms with Crippen molar-refractivity contribution in [3.8, 4) is 0 Å². The van der Waals surface area contributed by atoms with E-state index in [9.17, 15) is 8.78 Å². The minimum Gasteiger partial charge on any atom is -0.399 e. The number of rotatable bonds is 4. The van der Waals surface area contributed by atoms with Crippen LogP contribution in [0.5, 0.6) is 0 Å². The molecule has 0 spiro atoms. The quantitative estimate of drug-likeness (QED) is 0.844. The van der Waals surface area contributed by atoms with Crippen LogP contribution in [0.2, 0.25) is 0 Å². The lowest BCUT2D eigenvalue weighted by molar-refractivity contribution is 0.228. The normalized spacial score (nSPS) is 16.9. The van der Waals surface area contributed by atoms with E-state index in [2.05, 4.69) is 9.80 Å². The Labute approximate surface area is 118 Å². The summed E-state index contributed by atoms with van der Waals surface area (Å²) in [7, 11) is 4.07. The van der Waals surface area contributed by atoms with Gasteiger partial charge in [0, 0.05) is 45.0 Å². The summed E-state index contributed by atoms with van der Waals surface area (Å²) < 4.78 is 27.7. The van der Waals surface area contributed by atoms with E-state index in [4.69, 9.17) is 5.73 Å². The lowest BCUT2D eigenvalue weighted by Gasteiger charge is -2.36. The molecule has 0 bridgehead atoms. The first-order chi connectivity index (χ1) is 9.47. The number of hydrogen-bond acceptors (Lipinski definition) is 4. The van der Waals surface area contributed by atoms with E-state index in [1.165, 1.54) is 12.1 Å². The van der Waals surface area contributed by atoms with Crippen LogP contribution in [0.15, 0.2) is 12.1 Å². The Bertz CT molecular complexity index is 433. The zero-order valence-corrected chi connectivity index (χ0v) is 12.1. The van der Waals surface area contributed by atoms with Gasteiger partial charge in [0.25, 0.3) is 0 Å². The van der Waals surface area contributed by atoms with Crippen molar-refractivity contribution in [2.75, 3.05) is 64.0 Å². The molecule has 1 aliphatic rings. The molecular weight excluding hydrogens is 262 g/mol. The zero-order chi connectivity index (χ0) is 14.7. The summed E-state index contributed by atoms with van der Waals surface area (Å²) in [5.74, 6) is -1.16. The SMILES string of the molecule is CN(C)CCN1CCN(c2c(F)cc(N)cc2F)CC1. The number of halogens is 2. The summed E-state index contributed by atoms with van der Waals surface area (Å²) >= 11 is 0. The van der Waals surface area contributed by atoms with E-state index in [0.29, 0.717) is 13.1 Å². The van der Waals surface area contributed by atoms with Crippen molar-refractivity contribution in [3.05, 3.63) is 23.8 Å². The van der Waals surface area contributed by atoms with Gasteiger partial charge in [0.2, 0.25) is 0 Å². The lowest BCUT2D eigenvalue weighted by atomic mass is 10.2. The molecule has 4 nitrogen and oxygen atoms in total. The Morgan fingerprint density at radius 2 is 1.65 bits per heavy atom. The summed E-state index contributed by atoms with van der Waals surface area (Å²) in [5.41, 5.74) is 5.60. The minimum absolute atomic E-state index is 0.0476.